The van der Waals surface area contributed by atoms with E-state index in [0.717, 1.165) is 28.6 Å². The van der Waals surface area contributed by atoms with E-state index in [9.17, 15) is 18.6 Å². The van der Waals surface area contributed by atoms with Gasteiger partial charge in [0.15, 0.2) is 21.1 Å². The quantitative estimate of drug-likeness (QED) is 0.356. The molecule has 2 unspecified atom stereocenters. The third kappa shape index (κ3) is 6.75. The molecule has 1 fully saturated rings. The van der Waals surface area contributed by atoms with Gasteiger partial charge >= 0.3 is 0 Å². The second-order valence-corrected chi connectivity index (χ2v) is 11.0. The first-order valence-corrected chi connectivity index (χ1v) is 13.9. The van der Waals surface area contributed by atoms with Crippen LogP contribution in [0.2, 0.25) is 0 Å². The first-order chi connectivity index (χ1) is 17.6. The van der Waals surface area contributed by atoms with Crippen LogP contribution >= 0.6 is 0 Å². The van der Waals surface area contributed by atoms with Crippen molar-refractivity contribution in [2.75, 3.05) is 49.4 Å². The molecule has 198 valence electrons. The lowest BCUT2D eigenvalue weighted by Gasteiger charge is -2.30. The van der Waals surface area contributed by atoms with Gasteiger partial charge in [0.2, 0.25) is 5.88 Å². The minimum absolute atomic E-state index is 0.102. The number of ether oxygens (including phenoxy) is 2. The molecule has 4 rings (SSSR count). The molecular formula is C26H32N4O6S. The van der Waals surface area contributed by atoms with Crippen LogP contribution in [0.15, 0.2) is 53.8 Å². The summed E-state index contributed by atoms with van der Waals surface area (Å²) in [7, 11) is -3.50. The Balaban J connectivity index is 1.63. The largest absolute Gasteiger partial charge is 0.473 e. The van der Waals surface area contributed by atoms with Crippen LogP contribution < -0.4 is 15.0 Å². The Labute approximate surface area is 216 Å². The van der Waals surface area contributed by atoms with Crippen LogP contribution in [0, 0.1) is 6.92 Å². The number of nitrogens with zero attached hydrogens (tertiary/aromatic N) is 3. The normalized spacial score (nSPS) is 15.8. The van der Waals surface area contributed by atoms with Gasteiger partial charge in [0.1, 0.15) is 12.3 Å². The van der Waals surface area contributed by atoms with Crippen LogP contribution in [0.25, 0.3) is 11.1 Å². The number of rotatable bonds is 9. The van der Waals surface area contributed by atoms with Crippen molar-refractivity contribution >= 4 is 21.2 Å². The molecule has 1 aromatic carbocycles. The van der Waals surface area contributed by atoms with Gasteiger partial charge in [0, 0.05) is 48.6 Å². The van der Waals surface area contributed by atoms with Gasteiger partial charge in [-0.1, -0.05) is 6.07 Å². The number of benzene rings is 1. The zero-order valence-electron chi connectivity index (χ0n) is 21.1. The number of aliphatic hydroxyl groups excluding tert-OH is 2. The standard InChI is InChI=1S/C26H32N4O6S/c1-17-4-5-21(29-25(32)19-6-7-27-24(13-19)37(3,33)34)14-22(17)20-12-23(30-8-10-35-11-9-30)26(28-15-20)36-16-18(2)31/h4-7,12-15,18,25,29,31-32H,8-11,16H2,1-3H3. The van der Waals surface area contributed by atoms with Crippen molar-refractivity contribution in [3.05, 3.63) is 59.9 Å². The average Bonchev–Trinajstić information content (AvgIpc) is 2.88. The minimum atomic E-state index is -3.50. The summed E-state index contributed by atoms with van der Waals surface area (Å²) in [5.41, 5.74) is 4.64. The molecule has 0 aliphatic carbocycles. The van der Waals surface area contributed by atoms with Crippen molar-refractivity contribution in [2.24, 2.45) is 0 Å². The van der Waals surface area contributed by atoms with Crippen LogP contribution in [-0.4, -0.2) is 73.9 Å². The highest BCUT2D eigenvalue weighted by Crippen LogP contribution is 2.35. The fraction of sp³-hybridized carbons (Fsp3) is 0.385. The van der Waals surface area contributed by atoms with Crippen LogP contribution in [0.5, 0.6) is 5.88 Å². The molecule has 0 amide bonds. The van der Waals surface area contributed by atoms with E-state index < -0.39 is 22.2 Å². The maximum absolute atomic E-state index is 11.8. The third-order valence-electron chi connectivity index (χ3n) is 5.95. The molecule has 37 heavy (non-hydrogen) atoms. The zero-order valence-corrected chi connectivity index (χ0v) is 21.9. The Morgan fingerprint density at radius 3 is 2.59 bits per heavy atom. The van der Waals surface area contributed by atoms with Crippen molar-refractivity contribution in [3.63, 3.8) is 0 Å². The minimum Gasteiger partial charge on any atom is -0.473 e. The molecule has 2 aromatic heterocycles. The van der Waals surface area contributed by atoms with Crippen LogP contribution in [0.3, 0.4) is 0 Å². The van der Waals surface area contributed by atoms with E-state index in [2.05, 4.69) is 20.2 Å². The van der Waals surface area contributed by atoms with Crippen molar-refractivity contribution in [1.82, 2.24) is 9.97 Å². The topological polar surface area (TPSA) is 134 Å². The van der Waals surface area contributed by atoms with Gasteiger partial charge in [0.05, 0.1) is 19.3 Å². The van der Waals surface area contributed by atoms with E-state index in [1.165, 1.54) is 12.3 Å². The summed E-state index contributed by atoms with van der Waals surface area (Å²) in [6.07, 6.45) is 2.40. The second kappa shape index (κ2) is 11.4. The molecule has 1 aliphatic rings. The third-order valence-corrected chi connectivity index (χ3v) is 6.93. The Kier molecular flexibility index (Phi) is 8.28. The van der Waals surface area contributed by atoms with Gasteiger partial charge < -0.3 is 29.9 Å². The van der Waals surface area contributed by atoms with Crippen molar-refractivity contribution in [3.8, 4) is 17.0 Å². The van der Waals surface area contributed by atoms with E-state index in [4.69, 9.17) is 9.47 Å². The number of morpholine rings is 1. The van der Waals surface area contributed by atoms with Crippen molar-refractivity contribution in [2.45, 2.75) is 31.2 Å². The maximum atomic E-state index is 11.8. The smallest absolute Gasteiger partial charge is 0.237 e. The highest BCUT2D eigenvalue weighted by molar-refractivity contribution is 7.90. The summed E-state index contributed by atoms with van der Waals surface area (Å²) >= 11 is 0. The predicted octanol–water partition coefficient (Wildman–Crippen LogP) is 2.55. The molecule has 1 saturated heterocycles. The summed E-state index contributed by atoms with van der Waals surface area (Å²) in [5, 5.41) is 23.4. The number of hydrogen-bond donors (Lipinski definition) is 3. The lowest BCUT2D eigenvalue weighted by molar-refractivity contribution is 0.116. The Hall–Kier alpha value is -3.25. The Morgan fingerprint density at radius 2 is 1.89 bits per heavy atom. The van der Waals surface area contributed by atoms with Crippen LogP contribution in [0.4, 0.5) is 11.4 Å². The molecule has 0 radical (unpaired) electrons. The van der Waals surface area contributed by atoms with Crippen LogP contribution in [0.1, 0.15) is 24.3 Å². The number of pyridine rings is 2. The van der Waals surface area contributed by atoms with Gasteiger partial charge in [0.25, 0.3) is 0 Å². The van der Waals surface area contributed by atoms with E-state index in [1.54, 1.807) is 19.2 Å². The fourth-order valence-electron chi connectivity index (χ4n) is 3.99. The van der Waals surface area contributed by atoms with Gasteiger partial charge in [-0.2, -0.15) is 0 Å². The zero-order chi connectivity index (χ0) is 26.6. The van der Waals surface area contributed by atoms with Crippen molar-refractivity contribution in [1.29, 1.82) is 0 Å². The molecule has 3 N–H and O–H groups in total. The molecular weight excluding hydrogens is 496 g/mol. The first kappa shape index (κ1) is 26.8. The highest BCUT2D eigenvalue weighted by atomic mass is 32.2. The second-order valence-electron chi connectivity index (χ2n) is 9.08. The number of aliphatic hydroxyl groups is 2. The molecule has 3 aromatic rings. The molecule has 11 heteroatoms. The van der Waals surface area contributed by atoms with Gasteiger partial charge in [-0.3, -0.25) is 0 Å². The fourth-order valence-corrected chi connectivity index (χ4v) is 4.59. The Bertz CT molecular complexity index is 1340. The monoisotopic (exact) mass is 528 g/mol. The summed E-state index contributed by atoms with van der Waals surface area (Å²) in [5.74, 6) is 0.452. The van der Waals surface area contributed by atoms with E-state index in [0.29, 0.717) is 43.4 Å². The summed E-state index contributed by atoms with van der Waals surface area (Å²) < 4.78 is 35.0. The Morgan fingerprint density at radius 1 is 1.14 bits per heavy atom. The van der Waals surface area contributed by atoms with E-state index in [1.807, 2.05) is 31.2 Å². The van der Waals surface area contributed by atoms with Crippen molar-refractivity contribution < 1.29 is 28.1 Å². The summed E-state index contributed by atoms with van der Waals surface area (Å²) in [6.45, 7) is 6.39. The lowest BCUT2D eigenvalue weighted by atomic mass is 10.0. The maximum Gasteiger partial charge on any atom is 0.237 e. The lowest BCUT2D eigenvalue weighted by Crippen LogP contribution is -2.36. The first-order valence-electron chi connectivity index (χ1n) is 12.0. The van der Waals surface area contributed by atoms with E-state index in [-0.39, 0.29) is 11.6 Å². The SMILES string of the molecule is Cc1ccc(NC(O)c2ccnc(S(C)(=O)=O)c2)cc1-c1cnc(OCC(C)O)c(N2CCOCC2)c1. The summed E-state index contributed by atoms with van der Waals surface area (Å²) in [4.78, 5) is 10.6. The highest BCUT2D eigenvalue weighted by Gasteiger charge is 2.20. The number of hydrogen-bond acceptors (Lipinski definition) is 10. The molecule has 0 saturated carbocycles. The number of aromatic nitrogens is 2. The average molecular weight is 529 g/mol. The summed E-state index contributed by atoms with van der Waals surface area (Å²) in [6, 6.07) is 10.6. The molecule has 3 heterocycles. The molecule has 1 aliphatic heterocycles. The number of aryl methyl sites for hydroxylation is 1. The molecule has 0 spiro atoms. The number of anilines is 2. The number of sulfone groups is 1. The van der Waals surface area contributed by atoms with Crippen LogP contribution in [-0.2, 0) is 14.6 Å². The van der Waals surface area contributed by atoms with Gasteiger partial charge in [-0.05, 0) is 55.3 Å². The molecule has 10 nitrogen and oxygen atoms in total. The van der Waals surface area contributed by atoms with Gasteiger partial charge in [-0.25, -0.2) is 18.4 Å². The van der Waals surface area contributed by atoms with E-state index >= 15 is 0 Å². The predicted molar refractivity (Wildman–Crippen MR) is 141 cm³/mol. The van der Waals surface area contributed by atoms with Gasteiger partial charge in [-0.15, -0.1) is 0 Å². The molecule has 2 atom stereocenters. The number of nitrogens with one attached hydrogen (secondary N) is 1. The molecule has 0 bridgehead atoms.